The van der Waals surface area contributed by atoms with Crippen LogP contribution >= 0.6 is 39.1 Å². The summed E-state index contributed by atoms with van der Waals surface area (Å²) >= 11 is 15.5. The van der Waals surface area contributed by atoms with Gasteiger partial charge in [0.2, 0.25) is 0 Å². The van der Waals surface area contributed by atoms with Crippen LogP contribution in [0.5, 0.6) is 5.75 Å². The first-order chi connectivity index (χ1) is 7.41. The van der Waals surface area contributed by atoms with Crippen molar-refractivity contribution in [3.8, 4) is 5.75 Å². The van der Waals surface area contributed by atoms with E-state index in [4.69, 9.17) is 27.9 Å². The van der Waals surface area contributed by atoms with Crippen molar-refractivity contribution >= 4 is 39.1 Å². The van der Waals surface area contributed by atoms with Gasteiger partial charge in [0.1, 0.15) is 11.9 Å². The van der Waals surface area contributed by atoms with Gasteiger partial charge in [-0.05, 0) is 24.6 Å². The molecule has 16 heavy (non-hydrogen) atoms. The van der Waals surface area contributed by atoms with Gasteiger partial charge in [-0.2, -0.15) is 0 Å². The van der Waals surface area contributed by atoms with Crippen LogP contribution < -0.4 is 4.74 Å². The second-order valence-corrected chi connectivity index (χ2v) is 6.65. The molecule has 1 fully saturated rings. The van der Waals surface area contributed by atoms with Gasteiger partial charge in [-0.1, -0.05) is 53.0 Å². The standard InChI is InChI=1S/C12H13BrCl2O/c1-12(2)10(13)6-11(12)16-9-4-3-7(14)5-8(9)15/h3-5,10-11H,6H2,1-2H3. The predicted octanol–water partition coefficient (Wildman–Crippen LogP) is 4.93. The summed E-state index contributed by atoms with van der Waals surface area (Å²) in [6.45, 7) is 4.37. The zero-order valence-corrected chi connectivity index (χ0v) is 12.2. The Morgan fingerprint density at radius 3 is 2.56 bits per heavy atom. The largest absolute Gasteiger partial charge is 0.488 e. The topological polar surface area (TPSA) is 9.23 Å². The lowest BCUT2D eigenvalue weighted by atomic mass is 9.69. The van der Waals surface area contributed by atoms with E-state index < -0.39 is 0 Å². The van der Waals surface area contributed by atoms with Crippen LogP contribution in [0.2, 0.25) is 10.0 Å². The zero-order valence-electron chi connectivity index (χ0n) is 9.14. The van der Waals surface area contributed by atoms with Crippen molar-refractivity contribution in [2.45, 2.75) is 31.2 Å². The third-order valence-electron chi connectivity index (χ3n) is 3.22. The molecule has 1 aromatic carbocycles. The van der Waals surface area contributed by atoms with Crippen molar-refractivity contribution in [3.63, 3.8) is 0 Å². The molecule has 1 saturated carbocycles. The lowest BCUT2D eigenvalue weighted by Crippen LogP contribution is -2.53. The Bertz CT molecular complexity index is 406. The first kappa shape index (κ1) is 12.5. The van der Waals surface area contributed by atoms with E-state index in [1.54, 1.807) is 12.1 Å². The molecule has 0 amide bonds. The number of rotatable bonds is 2. The maximum absolute atomic E-state index is 6.06. The van der Waals surface area contributed by atoms with Gasteiger partial charge in [-0.15, -0.1) is 0 Å². The summed E-state index contributed by atoms with van der Waals surface area (Å²) in [7, 11) is 0. The normalized spacial score (nSPS) is 27.3. The van der Waals surface area contributed by atoms with Crippen LogP contribution in [0.25, 0.3) is 0 Å². The molecule has 0 bridgehead atoms. The predicted molar refractivity (Wildman–Crippen MR) is 72.0 cm³/mol. The average molecular weight is 324 g/mol. The van der Waals surface area contributed by atoms with Crippen molar-refractivity contribution in [2.24, 2.45) is 5.41 Å². The zero-order chi connectivity index (χ0) is 11.9. The van der Waals surface area contributed by atoms with E-state index in [1.165, 1.54) is 0 Å². The fourth-order valence-corrected chi connectivity index (χ4v) is 2.85. The molecule has 0 saturated heterocycles. The van der Waals surface area contributed by atoms with Gasteiger partial charge in [0.25, 0.3) is 0 Å². The van der Waals surface area contributed by atoms with E-state index >= 15 is 0 Å². The molecular formula is C12H13BrCl2O. The van der Waals surface area contributed by atoms with Crippen molar-refractivity contribution in [1.82, 2.24) is 0 Å². The van der Waals surface area contributed by atoms with Gasteiger partial charge in [-0.25, -0.2) is 0 Å². The van der Waals surface area contributed by atoms with Gasteiger partial charge in [0, 0.05) is 15.3 Å². The number of halogens is 3. The molecule has 1 nitrogen and oxygen atoms in total. The SMILES string of the molecule is CC1(C)C(Br)CC1Oc1ccc(Cl)cc1Cl. The summed E-state index contributed by atoms with van der Waals surface area (Å²) in [6.07, 6.45) is 1.21. The smallest absolute Gasteiger partial charge is 0.138 e. The van der Waals surface area contributed by atoms with Gasteiger partial charge in [0.05, 0.1) is 5.02 Å². The third-order valence-corrected chi connectivity index (χ3v) is 5.31. The summed E-state index contributed by atoms with van der Waals surface area (Å²) in [4.78, 5) is 0.510. The fraction of sp³-hybridized carbons (Fsp3) is 0.500. The van der Waals surface area contributed by atoms with Gasteiger partial charge < -0.3 is 4.74 Å². The van der Waals surface area contributed by atoms with E-state index in [-0.39, 0.29) is 11.5 Å². The molecule has 0 aliphatic heterocycles. The molecule has 0 heterocycles. The van der Waals surface area contributed by atoms with Crippen molar-refractivity contribution in [2.75, 3.05) is 0 Å². The van der Waals surface area contributed by atoms with Gasteiger partial charge >= 0.3 is 0 Å². The maximum atomic E-state index is 6.06. The molecule has 2 rings (SSSR count). The lowest BCUT2D eigenvalue weighted by Gasteiger charge is -2.48. The van der Waals surface area contributed by atoms with E-state index in [0.717, 1.165) is 6.42 Å². The fourth-order valence-electron chi connectivity index (χ4n) is 1.76. The first-order valence-corrected chi connectivity index (χ1v) is 6.84. The van der Waals surface area contributed by atoms with Gasteiger partial charge in [0.15, 0.2) is 0 Å². The monoisotopic (exact) mass is 322 g/mol. The summed E-state index contributed by atoms with van der Waals surface area (Å²) in [5.74, 6) is 0.712. The Hall–Kier alpha value is 0.0800. The van der Waals surface area contributed by atoms with Crippen molar-refractivity contribution in [3.05, 3.63) is 28.2 Å². The van der Waals surface area contributed by atoms with E-state index in [2.05, 4.69) is 29.8 Å². The Balaban J connectivity index is 2.11. The summed E-state index contributed by atoms with van der Waals surface area (Å²) in [5, 5.41) is 1.20. The third kappa shape index (κ3) is 2.20. The Kier molecular flexibility index (Phi) is 3.44. The van der Waals surface area contributed by atoms with Crippen molar-refractivity contribution < 1.29 is 4.74 Å². The first-order valence-electron chi connectivity index (χ1n) is 5.17. The van der Waals surface area contributed by atoms with Crippen LogP contribution in [0.4, 0.5) is 0 Å². The number of ether oxygens (including phenoxy) is 1. The highest BCUT2D eigenvalue weighted by Gasteiger charge is 2.48. The van der Waals surface area contributed by atoms with Crippen molar-refractivity contribution in [1.29, 1.82) is 0 Å². The molecule has 0 radical (unpaired) electrons. The second kappa shape index (κ2) is 4.40. The summed E-state index contributed by atoms with van der Waals surface area (Å²) in [5.41, 5.74) is 0.142. The minimum Gasteiger partial charge on any atom is -0.488 e. The van der Waals surface area contributed by atoms with Crippen LogP contribution in [-0.4, -0.2) is 10.9 Å². The molecule has 0 N–H and O–H groups in total. The molecule has 1 aliphatic carbocycles. The molecule has 1 aliphatic rings. The highest BCUT2D eigenvalue weighted by atomic mass is 79.9. The summed E-state index contributed by atoms with van der Waals surface area (Å²) in [6, 6.07) is 5.32. The molecular weight excluding hydrogens is 311 g/mol. The molecule has 2 unspecified atom stereocenters. The number of alkyl halides is 1. The minimum atomic E-state index is 0.142. The number of hydrogen-bond donors (Lipinski definition) is 0. The number of hydrogen-bond acceptors (Lipinski definition) is 1. The van der Waals surface area contributed by atoms with Gasteiger partial charge in [-0.3, -0.25) is 0 Å². The highest BCUT2D eigenvalue weighted by molar-refractivity contribution is 9.09. The van der Waals surface area contributed by atoms with E-state index in [1.807, 2.05) is 6.07 Å². The molecule has 1 aromatic rings. The van der Waals surface area contributed by atoms with E-state index in [0.29, 0.717) is 20.6 Å². The van der Waals surface area contributed by atoms with Crippen LogP contribution in [-0.2, 0) is 0 Å². The van der Waals surface area contributed by atoms with Crippen LogP contribution in [0.15, 0.2) is 18.2 Å². The molecule has 0 aromatic heterocycles. The van der Waals surface area contributed by atoms with Crippen LogP contribution in [0, 0.1) is 5.41 Å². The Morgan fingerprint density at radius 1 is 1.38 bits per heavy atom. The maximum Gasteiger partial charge on any atom is 0.138 e. The molecule has 88 valence electrons. The Morgan fingerprint density at radius 2 is 2.06 bits per heavy atom. The Labute approximate surface area is 114 Å². The quantitative estimate of drug-likeness (QED) is 0.701. The van der Waals surface area contributed by atoms with Crippen LogP contribution in [0.1, 0.15) is 20.3 Å². The lowest BCUT2D eigenvalue weighted by molar-refractivity contribution is -0.00772. The second-order valence-electron chi connectivity index (χ2n) is 4.71. The van der Waals surface area contributed by atoms with Crippen LogP contribution in [0.3, 0.4) is 0 Å². The van der Waals surface area contributed by atoms with E-state index in [9.17, 15) is 0 Å². The number of benzene rings is 1. The highest BCUT2D eigenvalue weighted by Crippen LogP contribution is 2.48. The molecule has 2 atom stereocenters. The summed E-state index contributed by atoms with van der Waals surface area (Å²) < 4.78 is 5.90. The molecule has 0 spiro atoms. The molecule has 4 heteroatoms. The minimum absolute atomic E-state index is 0.142. The average Bonchev–Trinajstić information content (AvgIpc) is 2.21.